The lowest BCUT2D eigenvalue weighted by molar-refractivity contribution is -0.265. The third kappa shape index (κ3) is 16.2. The Morgan fingerprint density at radius 1 is 0.845 bits per heavy atom. The van der Waals surface area contributed by atoms with Crippen LogP contribution in [0.4, 0.5) is 0 Å². The minimum absolute atomic E-state index is 0.0112. The maximum absolute atomic E-state index is 14.5. The molecule has 0 aromatic heterocycles. The number of allylic oxidation sites excluding steroid dienone is 6. The van der Waals surface area contributed by atoms with E-state index in [1.807, 2.05) is 71.9 Å². The SMILES string of the molecule is CCP(=O)(CC)O[C@@H]1CCC(C[C@@H](C)C2CC(=O)[C@H](C)C=C(C)[C@@H](O)[C@@H](OC)C(=O)[C@H](C)C[C@H](C)C=CC=CC=C(C)[C@@H](OC)C[C@@H]3CC[C@@H](C)[C@@](O)(O3)C(=O)C(=O)N3CCCCC3C(=O)O2)C[C@H]1OC. The topological polar surface area (TPSA) is 201 Å². The van der Waals surface area contributed by atoms with E-state index in [1.165, 1.54) is 12.0 Å². The Morgan fingerprint density at radius 3 is 2.20 bits per heavy atom. The molecule has 4 rings (SSSR count). The molecule has 402 valence electrons. The summed E-state index contributed by atoms with van der Waals surface area (Å²) < 4.78 is 49.4. The molecule has 0 aromatic rings. The highest BCUT2D eigenvalue weighted by Crippen LogP contribution is 2.50. The molecule has 1 amide bonds. The van der Waals surface area contributed by atoms with E-state index in [1.54, 1.807) is 41.1 Å². The molecule has 15 nitrogen and oxygen atoms in total. The van der Waals surface area contributed by atoms with Crippen LogP contribution in [0.15, 0.2) is 47.6 Å². The number of hydrogen-bond donors (Lipinski definition) is 2. The molecule has 15 atom stereocenters. The maximum atomic E-state index is 14.5. The average molecular weight is 1020 g/mol. The van der Waals surface area contributed by atoms with Crippen molar-refractivity contribution in [3.63, 3.8) is 0 Å². The third-order valence-electron chi connectivity index (χ3n) is 15.7. The maximum Gasteiger partial charge on any atom is 0.329 e. The number of carbonyl (C=O) groups is 5. The number of ether oxygens (including phenoxy) is 5. The van der Waals surface area contributed by atoms with Crippen molar-refractivity contribution >= 4 is 36.6 Å². The zero-order valence-electron chi connectivity index (χ0n) is 44.8. The summed E-state index contributed by atoms with van der Waals surface area (Å²) >= 11 is 0. The summed E-state index contributed by atoms with van der Waals surface area (Å²) in [5, 5.41) is 23.5. The number of cyclic esters (lactones) is 1. The highest BCUT2D eigenvalue weighted by Gasteiger charge is 2.53. The van der Waals surface area contributed by atoms with Crippen LogP contribution in [0.3, 0.4) is 0 Å². The van der Waals surface area contributed by atoms with Gasteiger partial charge in [-0.1, -0.05) is 84.9 Å². The van der Waals surface area contributed by atoms with Crippen LogP contribution in [0, 0.1) is 35.5 Å². The molecule has 0 spiro atoms. The molecule has 0 radical (unpaired) electrons. The van der Waals surface area contributed by atoms with Gasteiger partial charge < -0.3 is 43.3 Å². The van der Waals surface area contributed by atoms with Crippen LogP contribution in [0.5, 0.6) is 0 Å². The number of ketones is 3. The van der Waals surface area contributed by atoms with Gasteiger partial charge in [-0.25, -0.2) is 4.79 Å². The molecule has 2 saturated heterocycles. The van der Waals surface area contributed by atoms with Crippen molar-refractivity contribution in [3.8, 4) is 0 Å². The van der Waals surface area contributed by atoms with Gasteiger partial charge in [0.05, 0.1) is 24.4 Å². The number of rotatable bonds is 10. The van der Waals surface area contributed by atoms with Crippen LogP contribution in [0.1, 0.15) is 139 Å². The highest BCUT2D eigenvalue weighted by atomic mass is 31.2. The Hall–Kier alpha value is -3.14. The van der Waals surface area contributed by atoms with Crippen molar-refractivity contribution in [1.29, 1.82) is 0 Å². The van der Waals surface area contributed by atoms with E-state index in [2.05, 4.69) is 0 Å². The molecular weight excluding hydrogens is 930 g/mol. The first kappa shape index (κ1) is 60.4. The van der Waals surface area contributed by atoms with E-state index < -0.39 is 85.1 Å². The normalized spacial score (nSPS) is 35.9. The van der Waals surface area contributed by atoms with Crippen molar-refractivity contribution in [1.82, 2.24) is 4.90 Å². The predicted octanol–water partition coefficient (Wildman–Crippen LogP) is 8.52. The third-order valence-corrected chi connectivity index (χ3v) is 18.3. The summed E-state index contributed by atoms with van der Waals surface area (Å²) in [6.45, 7) is 16.5. The zero-order chi connectivity index (χ0) is 52.8. The number of aliphatic hydroxyl groups is 2. The average Bonchev–Trinajstić information content (AvgIpc) is 3.35. The number of esters is 1. The number of fused-ring (bicyclic) bond motifs is 3. The van der Waals surface area contributed by atoms with Crippen LogP contribution < -0.4 is 0 Å². The molecule has 0 aromatic carbocycles. The summed E-state index contributed by atoms with van der Waals surface area (Å²) in [7, 11) is 1.77. The molecular formula is C55H88NO14P. The summed E-state index contributed by atoms with van der Waals surface area (Å²) in [5.41, 5.74) is 1.26. The van der Waals surface area contributed by atoms with Crippen LogP contribution in [0.2, 0.25) is 0 Å². The Bertz CT molecular complexity index is 1970. The smallest absolute Gasteiger partial charge is 0.329 e. The van der Waals surface area contributed by atoms with Gasteiger partial charge >= 0.3 is 5.97 Å². The summed E-state index contributed by atoms with van der Waals surface area (Å²) in [5.74, 6) is -8.10. The summed E-state index contributed by atoms with van der Waals surface area (Å²) in [4.78, 5) is 72.4. The van der Waals surface area contributed by atoms with Crippen LogP contribution in [-0.4, -0.2) is 139 Å². The molecule has 2 N–H and O–H groups in total. The fourth-order valence-electron chi connectivity index (χ4n) is 10.8. The predicted molar refractivity (Wildman–Crippen MR) is 273 cm³/mol. The van der Waals surface area contributed by atoms with Gasteiger partial charge in [0.25, 0.3) is 11.7 Å². The van der Waals surface area contributed by atoms with E-state index in [9.17, 15) is 38.8 Å². The first-order valence-corrected chi connectivity index (χ1v) is 28.3. The van der Waals surface area contributed by atoms with Gasteiger partial charge in [-0.3, -0.25) is 23.7 Å². The number of carbonyl (C=O) groups excluding carboxylic acids is 5. The molecule has 71 heavy (non-hydrogen) atoms. The number of amides is 1. The lowest BCUT2D eigenvalue weighted by Crippen LogP contribution is -2.61. The second-order valence-electron chi connectivity index (χ2n) is 21.1. The Morgan fingerprint density at radius 2 is 1.55 bits per heavy atom. The molecule has 2 bridgehead atoms. The largest absolute Gasteiger partial charge is 0.460 e. The Balaban J connectivity index is 1.70. The second kappa shape index (κ2) is 28.0. The monoisotopic (exact) mass is 1020 g/mol. The number of nitrogens with zero attached hydrogens (tertiary/aromatic N) is 1. The first-order chi connectivity index (χ1) is 33.6. The Kier molecular flexibility index (Phi) is 23.8. The van der Waals surface area contributed by atoms with Crippen LogP contribution >= 0.6 is 7.37 Å². The molecule has 3 unspecified atom stereocenters. The summed E-state index contributed by atoms with van der Waals surface area (Å²) in [6.07, 6.45) is 12.3. The van der Waals surface area contributed by atoms with Gasteiger partial charge in [0.15, 0.2) is 5.78 Å². The molecule has 4 aliphatic rings. The highest BCUT2D eigenvalue weighted by molar-refractivity contribution is 7.58. The van der Waals surface area contributed by atoms with Crippen LogP contribution in [-0.2, 0) is 56.7 Å². The second-order valence-corrected chi connectivity index (χ2v) is 24.2. The number of aliphatic hydroxyl groups excluding tert-OH is 1. The molecule has 1 aliphatic carbocycles. The first-order valence-electron chi connectivity index (χ1n) is 26.3. The van der Waals surface area contributed by atoms with E-state index in [4.69, 9.17) is 28.2 Å². The van der Waals surface area contributed by atoms with Gasteiger partial charge in [0.1, 0.15) is 30.1 Å². The Labute approximate surface area is 424 Å². The van der Waals surface area contributed by atoms with Gasteiger partial charge in [-0.05, 0) is 107 Å². The number of piperidine rings is 1. The van der Waals surface area contributed by atoms with Crippen molar-refractivity contribution in [3.05, 3.63) is 47.6 Å². The summed E-state index contributed by atoms with van der Waals surface area (Å²) in [6, 6.07) is -1.16. The molecule has 1 saturated carbocycles. The van der Waals surface area contributed by atoms with Gasteiger partial charge in [0, 0.05) is 70.8 Å². The van der Waals surface area contributed by atoms with Crippen molar-refractivity contribution in [2.75, 3.05) is 40.2 Å². The molecule has 3 aliphatic heterocycles. The number of Topliss-reactive ketones (excluding diaryl/α,β-unsaturated/α-hetero) is 3. The lowest BCUT2D eigenvalue weighted by Gasteiger charge is -2.42. The van der Waals surface area contributed by atoms with E-state index in [0.29, 0.717) is 75.7 Å². The van der Waals surface area contributed by atoms with E-state index in [0.717, 1.165) is 12.0 Å². The van der Waals surface area contributed by atoms with Gasteiger partial charge in [-0.15, -0.1) is 0 Å². The van der Waals surface area contributed by atoms with Gasteiger partial charge in [0.2, 0.25) is 13.2 Å². The van der Waals surface area contributed by atoms with Gasteiger partial charge in [-0.2, -0.15) is 0 Å². The van der Waals surface area contributed by atoms with E-state index >= 15 is 0 Å². The number of methoxy groups -OCH3 is 3. The minimum atomic E-state index is -2.81. The van der Waals surface area contributed by atoms with Crippen molar-refractivity contribution in [2.24, 2.45) is 35.5 Å². The molecule has 3 fully saturated rings. The number of hydrogen-bond acceptors (Lipinski definition) is 14. The van der Waals surface area contributed by atoms with E-state index in [-0.39, 0.29) is 60.9 Å². The fourth-order valence-corrected chi connectivity index (χ4v) is 12.3. The van der Waals surface area contributed by atoms with Crippen molar-refractivity contribution < 1.29 is 67.0 Å². The van der Waals surface area contributed by atoms with Crippen LogP contribution in [0.25, 0.3) is 0 Å². The molecule has 3 heterocycles. The molecule has 16 heteroatoms. The van der Waals surface area contributed by atoms with Crippen molar-refractivity contribution in [2.45, 2.75) is 194 Å². The zero-order valence-corrected chi connectivity index (χ0v) is 45.7. The lowest BCUT2D eigenvalue weighted by atomic mass is 9.78. The standard InChI is InChI=1S/C55H88NO14P/c1-13-71(64,14-2)70-45-26-24-41(31-48(45)66-11)30-37(6)47-33-44(57)36(5)29-39(8)50(59)51(67-12)49(58)38(7)28-34(3)20-16-15-17-21-35(4)46(65-10)32-42-25-23-40(9)55(63,69-42)52(60)53(61)56-27-19-18-22-43(56)54(62)68-47/h15-17,20-21,29,34,36-38,40-43,45-48,50-51,59,63H,13-14,18-19,22-28,30-33H2,1-12H3/t34-,36-,37-,38-,40-,41?,42+,43?,45-,46+,47?,48-,50-,51+,55-/m1/s1. The quantitative estimate of drug-likeness (QED) is 0.0913. The minimum Gasteiger partial charge on any atom is -0.460 e. The fraction of sp³-hybridized carbons (Fsp3) is 0.764.